The van der Waals surface area contributed by atoms with Crippen LogP contribution in [0.25, 0.3) is 11.6 Å². The summed E-state index contributed by atoms with van der Waals surface area (Å²) in [5.74, 6) is -0.450. The molecule has 0 amide bonds. The summed E-state index contributed by atoms with van der Waals surface area (Å²) < 4.78 is 32.4. The van der Waals surface area contributed by atoms with E-state index in [1.54, 1.807) is 12.1 Å². The van der Waals surface area contributed by atoms with Gasteiger partial charge >= 0.3 is 5.97 Å². The Morgan fingerprint density at radius 3 is 2.69 bits per heavy atom. The van der Waals surface area contributed by atoms with Crippen molar-refractivity contribution in [1.29, 1.82) is 0 Å². The average Bonchev–Trinajstić information content (AvgIpc) is 2.71. The van der Waals surface area contributed by atoms with Gasteiger partial charge in [0.05, 0.1) is 0 Å². The smallest absolute Gasteiger partial charge is 0.341 e. The quantitative estimate of drug-likeness (QED) is 0.657. The number of carbonyl (C=O) groups is 1. The molecule has 0 atom stereocenters. The monoisotopic (exact) mass is 413 g/mol. The van der Waals surface area contributed by atoms with Crippen molar-refractivity contribution in [3.8, 4) is 5.75 Å². The zero-order valence-corrected chi connectivity index (χ0v) is 16.7. The minimum Gasteiger partial charge on any atom is -0.482 e. The van der Waals surface area contributed by atoms with Gasteiger partial charge in [-0.3, -0.25) is 0 Å². The fourth-order valence-corrected chi connectivity index (χ4v) is 4.06. The van der Waals surface area contributed by atoms with Crippen LogP contribution in [0.1, 0.15) is 29.5 Å². The number of nitrogens with one attached hydrogen (secondary N) is 1. The number of hydrogen-bond donors (Lipinski definition) is 2. The maximum Gasteiger partial charge on any atom is 0.341 e. The van der Waals surface area contributed by atoms with Gasteiger partial charge in [-0.2, -0.15) is 0 Å². The van der Waals surface area contributed by atoms with E-state index in [-0.39, 0.29) is 13.2 Å². The van der Waals surface area contributed by atoms with Gasteiger partial charge in [-0.1, -0.05) is 48.5 Å². The van der Waals surface area contributed by atoms with E-state index >= 15 is 0 Å². The highest BCUT2D eigenvalue weighted by molar-refractivity contribution is 7.92. The molecule has 2 N–H and O–H groups in total. The first-order valence-corrected chi connectivity index (χ1v) is 10.9. The minimum atomic E-state index is -3.53. The number of allylic oxidation sites excluding steroid dienone is 1. The van der Waals surface area contributed by atoms with E-state index in [1.807, 2.05) is 42.5 Å². The highest BCUT2D eigenvalue weighted by Crippen LogP contribution is 2.34. The minimum absolute atomic E-state index is 0.271. The number of rotatable bonds is 9. The molecule has 2 aromatic rings. The summed E-state index contributed by atoms with van der Waals surface area (Å²) in [5, 5.41) is 10.0. The Balaban J connectivity index is 1.62. The number of benzene rings is 2. The molecule has 1 aliphatic rings. The molecule has 0 aliphatic heterocycles. The molecule has 0 spiro atoms. The molecule has 0 saturated heterocycles. The van der Waals surface area contributed by atoms with E-state index in [0.29, 0.717) is 12.2 Å². The second-order valence-electron chi connectivity index (χ2n) is 6.64. The normalized spacial score (nSPS) is 13.7. The summed E-state index contributed by atoms with van der Waals surface area (Å²) in [5.41, 5.74) is 3.80. The van der Waals surface area contributed by atoms with Crippen molar-refractivity contribution in [3.63, 3.8) is 0 Å². The third-order valence-corrected chi connectivity index (χ3v) is 5.65. The van der Waals surface area contributed by atoms with Crippen LogP contribution in [-0.4, -0.2) is 32.6 Å². The van der Waals surface area contributed by atoms with Crippen molar-refractivity contribution in [2.45, 2.75) is 19.3 Å². The first-order chi connectivity index (χ1) is 13.9. The Bertz CT molecular complexity index is 1030. The average molecular weight is 413 g/mol. The molecule has 1 aliphatic carbocycles. The molecular formula is C22H23NO5S. The van der Waals surface area contributed by atoms with Crippen LogP contribution in [0.2, 0.25) is 0 Å². The van der Waals surface area contributed by atoms with Crippen LogP contribution in [0.15, 0.2) is 60.0 Å². The Morgan fingerprint density at radius 2 is 1.93 bits per heavy atom. The summed E-state index contributed by atoms with van der Waals surface area (Å²) in [6.45, 7) is -0.115. The van der Waals surface area contributed by atoms with Gasteiger partial charge in [-0.15, -0.1) is 0 Å². The van der Waals surface area contributed by atoms with Crippen LogP contribution in [0, 0.1) is 0 Å². The summed E-state index contributed by atoms with van der Waals surface area (Å²) in [6.07, 6.45) is 5.76. The van der Waals surface area contributed by atoms with Crippen molar-refractivity contribution >= 4 is 27.6 Å². The number of carboxylic acid groups (broad SMARTS) is 1. The lowest BCUT2D eigenvalue weighted by Gasteiger charge is -2.20. The van der Waals surface area contributed by atoms with Gasteiger partial charge < -0.3 is 9.84 Å². The lowest BCUT2D eigenvalue weighted by molar-refractivity contribution is -0.139. The molecule has 0 unspecified atom stereocenters. The van der Waals surface area contributed by atoms with Crippen molar-refractivity contribution in [1.82, 2.24) is 4.72 Å². The third-order valence-electron chi connectivity index (χ3n) is 4.55. The molecule has 6 nitrogen and oxygen atoms in total. The van der Waals surface area contributed by atoms with Gasteiger partial charge in [0, 0.05) is 17.5 Å². The van der Waals surface area contributed by atoms with Crippen LogP contribution in [0.4, 0.5) is 0 Å². The molecule has 0 aromatic heterocycles. The Labute approximate surface area is 170 Å². The first-order valence-electron chi connectivity index (χ1n) is 9.33. The number of hydrogen-bond acceptors (Lipinski definition) is 4. The summed E-state index contributed by atoms with van der Waals surface area (Å²) in [4.78, 5) is 10.8. The molecule has 0 bridgehead atoms. The van der Waals surface area contributed by atoms with Crippen molar-refractivity contribution < 1.29 is 23.1 Å². The summed E-state index contributed by atoms with van der Waals surface area (Å²) in [7, 11) is -3.53. The number of aliphatic carboxylic acids is 1. The largest absolute Gasteiger partial charge is 0.482 e. The second kappa shape index (κ2) is 9.54. The van der Waals surface area contributed by atoms with Gasteiger partial charge in [-0.25, -0.2) is 17.9 Å². The lowest BCUT2D eigenvalue weighted by Crippen LogP contribution is -2.23. The molecule has 0 saturated carbocycles. The molecule has 29 heavy (non-hydrogen) atoms. The topological polar surface area (TPSA) is 92.7 Å². The predicted octanol–water partition coefficient (Wildman–Crippen LogP) is 3.46. The van der Waals surface area contributed by atoms with Crippen LogP contribution < -0.4 is 9.46 Å². The Morgan fingerprint density at radius 1 is 1.14 bits per heavy atom. The Hall–Kier alpha value is -2.90. The molecule has 2 aromatic carbocycles. The van der Waals surface area contributed by atoms with Gasteiger partial charge in [0.15, 0.2) is 6.61 Å². The number of carboxylic acids is 1. The van der Waals surface area contributed by atoms with Gasteiger partial charge in [0.25, 0.3) is 0 Å². The fourth-order valence-electron chi connectivity index (χ4n) is 3.24. The molecule has 7 heteroatoms. The fraction of sp³-hybridized carbons (Fsp3) is 0.227. The standard InChI is InChI=1S/C22H23NO5S/c24-22(25)16-28-21-11-5-9-19-18(8-4-10-20(19)21)12-14-23-29(26,27)15-13-17-6-2-1-3-7-17/h1-3,5-9,11,13,15,23H,4,10,12,14,16H2,(H,24,25)/b15-13+. The highest BCUT2D eigenvalue weighted by atomic mass is 32.2. The maximum absolute atomic E-state index is 12.2. The van der Waals surface area contributed by atoms with E-state index in [9.17, 15) is 13.2 Å². The zero-order valence-electron chi connectivity index (χ0n) is 15.9. The summed E-state index contributed by atoms with van der Waals surface area (Å²) in [6, 6.07) is 14.8. The summed E-state index contributed by atoms with van der Waals surface area (Å²) >= 11 is 0. The van der Waals surface area contributed by atoms with Gasteiger partial charge in [0.2, 0.25) is 10.0 Å². The third kappa shape index (κ3) is 6.04. The molecule has 3 rings (SSSR count). The van der Waals surface area contributed by atoms with Gasteiger partial charge in [0.1, 0.15) is 5.75 Å². The number of fused-ring (bicyclic) bond motifs is 1. The molecule has 0 fully saturated rings. The van der Waals surface area contributed by atoms with E-state index in [0.717, 1.165) is 35.1 Å². The maximum atomic E-state index is 12.2. The van der Waals surface area contributed by atoms with Crippen molar-refractivity contribution in [2.24, 2.45) is 0 Å². The molecule has 0 radical (unpaired) electrons. The van der Waals surface area contributed by atoms with Crippen molar-refractivity contribution in [2.75, 3.05) is 13.2 Å². The van der Waals surface area contributed by atoms with Crippen molar-refractivity contribution in [3.05, 3.63) is 76.7 Å². The van der Waals surface area contributed by atoms with Crippen LogP contribution >= 0.6 is 0 Å². The van der Waals surface area contributed by atoms with E-state index in [4.69, 9.17) is 9.84 Å². The highest BCUT2D eigenvalue weighted by Gasteiger charge is 2.17. The van der Waals surface area contributed by atoms with E-state index in [2.05, 4.69) is 10.8 Å². The zero-order chi connectivity index (χ0) is 20.7. The van der Waals surface area contributed by atoms with E-state index in [1.165, 1.54) is 5.41 Å². The Kier molecular flexibility index (Phi) is 6.85. The van der Waals surface area contributed by atoms with Crippen LogP contribution in [0.3, 0.4) is 0 Å². The van der Waals surface area contributed by atoms with Gasteiger partial charge in [-0.05, 0) is 48.1 Å². The number of sulfonamides is 1. The van der Waals surface area contributed by atoms with Crippen LogP contribution in [0.5, 0.6) is 5.75 Å². The molecule has 0 heterocycles. The van der Waals surface area contributed by atoms with E-state index < -0.39 is 16.0 Å². The first kappa shape index (κ1) is 20.8. The SMILES string of the molecule is O=C(O)COc1cccc2c1CCC=C2CCNS(=O)(=O)/C=C/c1ccccc1. The van der Waals surface area contributed by atoms with Crippen LogP contribution in [-0.2, 0) is 21.2 Å². The molecule has 152 valence electrons. The molecular weight excluding hydrogens is 390 g/mol. The number of ether oxygens (including phenoxy) is 1. The lowest BCUT2D eigenvalue weighted by atomic mass is 9.88. The predicted molar refractivity (Wildman–Crippen MR) is 113 cm³/mol. The second-order valence-corrected chi connectivity index (χ2v) is 8.29.